The summed E-state index contributed by atoms with van der Waals surface area (Å²) in [7, 11) is 0. The summed E-state index contributed by atoms with van der Waals surface area (Å²) in [6, 6.07) is 15.3. The molecule has 0 radical (unpaired) electrons. The van der Waals surface area contributed by atoms with Crippen LogP contribution in [0.1, 0.15) is 57.0 Å². The van der Waals surface area contributed by atoms with Crippen LogP contribution in [0.5, 0.6) is 0 Å². The molecule has 1 heterocycles. The van der Waals surface area contributed by atoms with Gasteiger partial charge in [-0.15, -0.1) is 0 Å². The number of para-hydroxylation sites is 1. The maximum absolute atomic E-state index is 13.2. The Balaban J connectivity index is 1.83. The van der Waals surface area contributed by atoms with Crippen molar-refractivity contribution in [2.45, 2.75) is 60.8 Å². The minimum absolute atomic E-state index is 0.0708. The van der Waals surface area contributed by atoms with Crippen LogP contribution in [0.2, 0.25) is 0 Å². The second-order valence-electron chi connectivity index (χ2n) is 10.9. The molecule has 36 heavy (non-hydrogen) atoms. The average Bonchev–Trinajstić information content (AvgIpc) is 3.19. The molecule has 0 saturated heterocycles. The lowest BCUT2D eigenvalue weighted by molar-refractivity contribution is -0.116. The van der Waals surface area contributed by atoms with Crippen LogP contribution in [0.25, 0.3) is 5.69 Å². The van der Waals surface area contributed by atoms with E-state index in [0.717, 1.165) is 28.1 Å². The predicted molar refractivity (Wildman–Crippen MR) is 147 cm³/mol. The van der Waals surface area contributed by atoms with Crippen molar-refractivity contribution >= 4 is 23.4 Å². The number of anilines is 2. The highest BCUT2D eigenvalue weighted by Gasteiger charge is 2.24. The summed E-state index contributed by atoms with van der Waals surface area (Å²) < 4.78 is 1.77. The largest absolute Gasteiger partial charge is 0.322 e. The SMILES string of the molecule is Cc1ccc(NC(=O)N(CC(=O)Nc2cc(C(C)(C)C)nn2-c2ccccc2C)CC(C)C)cc1C. The lowest BCUT2D eigenvalue weighted by Crippen LogP contribution is -2.42. The molecule has 0 fully saturated rings. The van der Waals surface area contributed by atoms with Crippen molar-refractivity contribution < 1.29 is 9.59 Å². The molecule has 192 valence electrons. The first-order valence-corrected chi connectivity index (χ1v) is 12.4. The molecule has 0 aliphatic carbocycles. The molecule has 1 aromatic heterocycles. The first-order valence-electron chi connectivity index (χ1n) is 12.4. The fourth-order valence-corrected chi connectivity index (χ4v) is 3.86. The molecule has 2 aromatic carbocycles. The van der Waals surface area contributed by atoms with Gasteiger partial charge < -0.3 is 15.5 Å². The number of aryl methyl sites for hydroxylation is 3. The fourth-order valence-electron chi connectivity index (χ4n) is 3.86. The van der Waals surface area contributed by atoms with E-state index < -0.39 is 0 Å². The number of carbonyl (C=O) groups excluding carboxylic acids is 2. The minimum atomic E-state index is -0.301. The van der Waals surface area contributed by atoms with E-state index in [-0.39, 0.29) is 29.8 Å². The van der Waals surface area contributed by atoms with Crippen molar-refractivity contribution in [3.63, 3.8) is 0 Å². The van der Waals surface area contributed by atoms with E-state index >= 15 is 0 Å². The Morgan fingerprint density at radius 2 is 1.64 bits per heavy atom. The maximum atomic E-state index is 13.2. The van der Waals surface area contributed by atoms with Crippen molar-refractivity contribution in [2.24, 2.45) is 5.92 Å². The summed E-state index contributed by atoms with van der Waals surface area (Å²) in [4.78, 5) is 27.9. The topological polar surface area (TPSA) is 79.3 Å². The van der Waals surface area contributed by atoms with Crippen molar-refractivity contribution in [3.8, 4) is 5.69 Å². The van der Waals surface area contributed by atoms with E-state index in [1.165, 1.54) is 0 Å². The third-order valence-electron chi connectivity index (χ3n) is 6.05. The molecule has 0 atom stereocenters. The van der Waals surface area contributed by atoms with Crippen LogP contribution < -0.4 is 10.6 Å². The molecular formula is C29H39N5O2. The molecule has 0 unspecified atom stereocenters. The van der Waals surface area contributed by atoms with Gasteiger partial charge in [0.1, 0.15) is 12.4 Å². The number of nitrogens with one attached hydrogen (secondary N) is 2. The van der Waals surface area contributed by atoms with Gasteiger partial charge in [-0.3, -0.25) is 4.79 Å². The maximum Gasteiger partial charge on any atom is 0.322 e. The van der Waals surface area contributed by atoms with Gasteiger partial charge >= 0.3 is 6.03 Å². The smallest absolute Gasteiger partial charge is 0.315 e. The van der Waals surface area contributed by atoms with Crippen LogP contribution in [-0.4, -0.2) is 39.7 Å². The number of aromatic nitrogens is 2. The van der Waals surface area contributed by atoms with Gasteiger partial charge in [0.2, 0.25) is 5.91 Å². The van der Waals surface area contributed by atoms with Crippen LogP contribution in [0.3, 0.4) is 0 Å². The molecule has 7 nitrogen and oxygen atoms in total. The van der Waals surface area contributed by atoms with Crippen molar-refractivity contribution in [2.75, 3.05) is 23.7 Å². The van der Waals surface area contributed by atoms with Gasteiger partial charge in [0.15, 0.2) is 0 Å². The highest BCUT2D eigenvalue weighted by atomic mass is 16.2. The van der Waals surface area contributed by atoms with E-state index in [1.807, 2.05) is 83.1 Å². The van der Waals surface area contributed by atoms with E-state index in [4.69, 9.17) is 5.10 Å². The van der Waals surface area contributed by atoms with E-state index in [0.29, 0.717) is 18.1 Å². The van der Waals surface area contributed by atoms with Crippen molar-refractivity contribution in [1.82, 2.24) is 14.7 Å². The molecule has 3 amide bonds. The van der Waals surface area contributed by atoms with Crippen LogP contribution in [0.4, 0.5) is 16.3 Å². The zero-order valence-corrected chi connectivity index (χ0v) is 22.8. The second kappa shape index (κ2) is 11.0. The monoisotopic (exact) mass is 489 g/mol. The number of benzene rings is 2. The average molecular weight is 490 g/mol. The summed E-state index contributed by atoms with van der Waals surface area (Å²) in [5.74, 6) is 0.507. The summed E-state index contributed by atoms with van der Waals surface area (Å²) >= 11 is 0. The van der Waals surface area contributed by atoms with Gasteiger partial charge in [-0.2, -0.15) is 5.10 Å². The van der Waals surface area contributed by atoms with E-state index in [2.05, 4.69) is 31.4 Å². The Bertz CT molecular complexity index is 1240. The molecule has 0 aliphatic rings. The summed E-state index contributed by atoms with van der Waals surface area (Å²) in [6.45, 7) is 16.7. The minimum Gasteiger partial charge on any atom is -0.315 e. The van der Waals surface area contributed by atoms with Crippen molar-refractivity contribution in [3.05, 3.63) is 70.9 Å². The van der Waals surface area contributed by atoms with Gasteiger partial charge in [-0.05, 0) is 61.6 Å². The number of rotatable bonds is 7. The van der Waals surface area contributed by atoms with Gasteiger partial charge in [-0.1, -0.05) is 58.9 Å². The Morgan fingerprint density at radius 3 is 2.25 bits per heavy atom. The Labute approximate surface area is 214 Å². The number of carbonyl (C=O) groups is 2. The summed E-state index contributed by atoms with van der Waals surface area (Å²) in [5.41, 5.74) is 5.59. The first-order chi connectivity index (χ1) is 16.8. The standard InChI is InChI=1S/C29H39N5O2/c1-19(2)17-33(28(36)30-23-14-13-20(3)22(5)15-23)18-27(35)31-26-16-25(29(6,7)8)32-34(26)24-12-10-9-11-21(24)4/h9-16,19H,17-18H2,1-8H3,(H,30,36)(H,31,35). The molecule has 0 bridgehead atoms. The van der Waals surface area contributed by atoms with Crippen LogP contribution in [-0.2, 0) is 10.2 Å². The zero-order valence-electron chi connectivity index (χ0n) is 22.8. The van der Waals surface area contributed by atoms with E-state index in [9.17, 15) is 9.59 Å². The number of hydrogen-bond donors (Lipinski definition) is 2. The third-order valence-corrected chi connectivity index (χ3v) is 6.05. The quantitative estimate of drug-likeness (QED) is 0.413. The molecule has 3 aromatic rings. The van der Waals surface area contributed by atoms with Gasteiger partial charge in [0.05, 0.1) is 11.4 Å². The Hall–Kier alpha value is -3.61. The highest BCUT2D eigenvalue weighted by Crippen LogP contribution is 2.27. The fraction of sp³-hybridized carbons (Fsp3) is 0.414. The van der Waals surface area contributed by atoms with Gasteiger partial charge in [-0.25, -0.2) is 9.48 Å². The summed E-state index contributed by atoms with van der Waals surface area (Å²) in [5, 5.41) is 10.8. The molecule has 0 aliphatic heterocycles. The Kier molecular flexibility index (Phi) is 8.23. The molecule has 0 spiro atoms. The number of hydrogen-bond acceptors (Lipinski definition) is 3. The van der Waals surface area contributed by atoms with Crippen LogP contribution in [0, 0.1) is 26.7 Å². The predicted octanol–water partition coefficient (Wildman–Crippen LogP) is 6.22. The molecule has 3 rings (SSSR count). The second-order valence-corrected chi connectivity index (χ2v) is 10.9. The van der Waals surface area contributed by atoms with Crippen molar-refractivity contribution in [1.29, 1.82) is 0 Å². The number of nitrogens with zero attached hydrogens (tertiary/aromatic N) is 3. The third kappa shape index (κ3) is 6.74. The van der Waals surface area contributed by atoms with Crippen LogP contribution in [0.15, 0.2) is 48.5 Å². The molecule has 0 saturated carbocycles. The normalized spacial score (nSPS) is 11.5. The van der Waals surface area contributed by atoms with Crippen LogP contribution >= 0.6 is 0 Å². The van der Waals surface area contributed by atoms with E-state index in [1.54, 1.807) is 9.58 Å². The first kappa shape index (κ1) is 27.0. The number of urea groups is 1. The molecular weight excluding hydrogens is 450 g/mol. The number of amides is 3. The molecule has 7 heteroatoms. The van der Waals surface area contributed by atoms with Gasteiger partial charge in [0.25, 0.3) is 0 Å². The molecule has 2 N–H and O–H groups in total. The summed E-state index contributed by atoms with van der Waals surface area (Å²) in [6.07, 6.45) is 0. The van der Waals surface area contributed by atoms with Gasteiger partial charge in [0, 0.05) is 23.7 Å². The lowest BCUT2D eigenvalue weighted by Gasteiger charge is -2.24. The zero-order chi connectivity index (χ0) is 26.6. The lowest BCUT2D eigenvalue weighted by atomic mass is 9.92. The highest BCUT2D eigenvalue weighted by molar-refractivity contribution is 5.96. The Morgan fingerprint density at radius 1 is 0.944 bits per heavy atom.